The Kier molecular flexibility index (Phi) is 5.63. The maximum absolute atomic E-state index is 12.8. The summed E-state index contributed by atoms with van der Waals surface area (Å²) in [6.07, 6.45) is 0. The highest BCUT2D eigenvalue weighted by Gasteiger charge is 2.24. The average molecular weight is 434 g/mol. The van der Waals surface area contributed by atoms with E-state index in [0.29, 0.717) is 37.1 Å². The standard InChI is InChI=1S/C24H27N5O3/c1-17-25-24(26-32-17)20-5-3-4-18(12-20)14-29-16-31-23-13-19(6-7-21(23)29)22(30)15-28-10-8-27(2)9-11-28/h3-7,12-13H,8-11,14-16H2,1-2H3. The van der Waals surface area contributed by atoms with Gasteiger partial charge in [-0.25, -0.2) is 0 Å². The Morgan fingerprint density at radius 3 is 2.72 bits per heavy atom. The molecule has 8 nitrogen and oxygen atoms in total. The van der Waals surface area contributed by atoms with E-state index in [0.717, 1.165) is 48.7 Å². The number of ketones is 1. The van der Waals surface area contributed by atoms with Crippen LogP contribution in [-0.4, -0.2) is 72.2 Å². The number of anilines is 1. The third kappa shape index (κ3) is 4.37. The predicted octanol–water partition coefficient (Wildman–Crippen LogP) is 2.83. The Morgan fingerprint density at radius 2 is 1.94 bits per heavy atom. The number of nitrogens with zero attached hydrogens (tertiary/aromatic N) is 5. The Hall–Kier alpha value is -3.23. The molecule has 166 valence electrons. The molecule has 2 aliphatic rings. The molecule has 5 rings (SSSR count). The first-order valence-corrected chi connectivity index (χ1v) is 10.9. The third-order valence-corrected chi connectivity index (χ3v) is 6.05. The molecule has 8 heteroatoms. The molecule has 2 aliphatic heterocycles. The number of carbonyl (C=O) groups excluding carboxylic acids is 1. The van der Waals surface area contributed by atoms with Crippen molar-refractivity contribution in [2.24, 2.45) is 0 Å². The van der Waals surface area contributed by atoms with Gasteiger partial charge in [-0.15, -0.1) is 0 Å². The van der Waals surface area contributed by atoms with E-state index in [9.17, 15) is 4.79 Å². The van der Waals surface area contributed by atoms with Crippen LogP contribution in [-0.2, 0) is 6.54 Å². The SMILES string of the molecule is Cc1nc(-c2cccc(CN3COc4cc(C(=O)CN5CCN(C)CC5)ccc43)c2)no1. The van der Waals surface area contributed by atoms with Gasteiger partial charge in [0.1, 0.15) is 5.75 Å². The Morgan fingerprint density at radius 1 is 1.09 bits per heavy atom. The number of benzene rings is 2. The summed E-state index contributed by atoms with van der Waals surface area (Å²) in [5, 5.41) is 4.00. The van der Waals surface area contributed by atoms with Crippen molar-refractivity contribution in [3.63, 3.8) is 0 Å². The smallest absolute Gasteiger partial charge is 0.223 e. The molecule has 3 aromatic rings. The number of aryl methyl sites for hydroxylation is 1. The van der Waals surface area contributed by atoms with Crippen LogP contribution in [0.1, 0.15) is 21.8 Å². The average Bonchev–Trinajstić information content (AvgIpc) is 3.41. The van der Waals surface area contributed by atoms with Crippen molar-refractivity contribution in [1.29, 1.82) is 0 Å². The van der Waals surface area contributed by atoms with Gasteiger partial charge in [0, 0.05) is 50.8 Å². The molecule has 0 aliphatic carbocycles. The number of likely N-dealkylation sites (N-methyl/N-ethyl adjacent to an activating group) is 1. The van der Waals surface area contributed by atoms with Gasteiger partial charge in [0.25, 0.3) is 0 Å². The summed E-state index contributed by atoms with van der Waals surface area (Å²) in [5.74, 6) is 2.04. The zero-order chi connectivity index (χ0) is 22.1. The van der Waals surface area contributed by atoms with Gasteiger partial charge < -0.3 is 19.1 Å². The molecule has 0 atom stereocenters. The van der Waals surface area contributed by atoms with E-state index >= 15 is 0 Å². The minimum absolute atomic E-state index is 0.141. The molecule has 32 heavy (non-hydrogen) atoms. The zero-order valence-electron chi connectivity index (χ0n) is 18.5. The number of aromatic nitrogens is 2. The Bertz CT molecular complexity index is 1120. The molecule has 1 aromatic heterocycles. The number of hydrogen-bond donors (Lipinski definition) is 0. The van der Waals surface area contributed by atoms with Crippen LogP contribution < -0.4 is 9.64 Å². The van der Waals surface area contributed by atoms with E-state index in [2.05, 4.69) is 44.0 Å². The topological polar surface area (TPSA) is 74.9 Å². The molecular weight excluding hydrogens is 406 g/mol. The normalized spacial score (nSPS) is 16.8. The highest BCUT2D eigenvalue weighted by atomic mass is 16.5. The summed E-state index contributed by atoms with van der Waals surface area (Å²) in [4.78, 5) is 23.8. The zero-order valence-corrected chi connectivity index (χ0v) is 18.5. The molecule has 2 aromatic carbocycles. The van der Waals surface area contributed by atoms with Gasteiger partial charge in [0.2, 0.25) is 11.7 Å². The van der Waals surface area contributed by atoms with Crippen molar-refractivity contribution in [1.82, 2.24) is 19.9 Å². The molecule has 0 N–H and O–H groups in total. The third-order valence-electron chi connectivity index (χ3n) is 6.05. The number of carbonyl (C=O) groups is 1. The van der Waals surface area contributed by atoms with Crippen molar-refractivity contribution in [2.75, 3.05) is 51.4 Å². The Balaban J connectivity index is 1.26. The van der Waals surface area contributed by atoms with E-state index in [4.69, 9.17) is 9.26 Å². The van der Waals surface area contributed by atoms with Gasteiger partial charge in [0.05, 0.1) is 12.2 Å². The number of rotatable bonds is 6. The van der Waals surface area contributed by atoms with Gasteiger partial charge >= 0.3 is 0 Å². The van der Waals surface area contributed by atoms with Crippen LogP contribution in [0.5, 0.6) is 5.75 Å². The fourth-order valence-electron chi connectivity index (χ4n) is 4.16. The highest BCUT2D eigenvalue weighted by Crippen LogP contribution is 2.36. The van der Waals surface area contributed by atoms with Crippen LogP contribution in [0.25, 0.3) is 11.4 Å². The van der Waals surface area contributed by atoms with E-state index in [1.807, 2.05) is 30.3 Å². The lowest BCUT2D eigenvalue weighted by atomic mass is 10.1. The summed E-state index contributed by atoms with van der Waals surface area (Å²) in [7, 11) is 2.12. The molecule has 0 saturated carbocycles. The van der Waals surface area contributed by atoms with Crippen LogP contribution in [0.2, 0.25) is 0 Å². The minimum Gasteiger partial charge on any atom is -0.471 e. The van der Waals surface area contributed by atoms with Gasteiger partial charge in [-0.05, 0) is 36.9 Å². The fourth-order valence-corrected chi connectivity index (χ4v) is 4.16. The maximum atomic E-state index is 12.8. The van der Waals surface area contributed by atoms with Crippen LogP contribution in [0, 0.1) is 6.92 Å². The molecule has 1 saturated heterocycles. The number of ether oxygens (including phenoxy) is 1. The van der Waals surface area contributed by atoms with Crippen LogP contribution in [0.15, 0.2) is 47.0 Å². The van der Waals surface area contributed by atoms with Gasteiger partial charge in [-0.2, -0.15) is 4.98 Å². The lowest BCUT2D eigenvalue weighted by molar-refractivity contribution is 0.0876. The van der Waals surface area contributed by atoms with Crippen LogP contribution >= 0.6 is 0 Å². The van der Waals surface area contributed by atoms with E-state index in [1.54, 1.807) is 6.92 Å². The van der Waals surface area contributed by atoms with E-state index in [-0.39, 0.29) is 5.78 Å². The fraction of sp³-hybridized carbons (Fsp3) is 0.375. The first-order chi connectivity index (χ1) is 15.5. The van der Waals surface area contributed by atoms with Gasteiger partial charge in [-0.1, -0.05) is 23.4 Å². The summed E-state index contributed by atoms with van der Waals surface area (Å²) >= 11 is 0. The monoisotopic (exact) mass is 433 g/mol. The second-order valence-electron chi connectivity index (χ2n) is 8.49. The first kappa shape index (κ1) is 20.7. The summed E-state index contributed by atoms with van der Waals surface area (Å²) in [5.41, 5.74) is 3.75. The molecule has 0 radical (unpaired) electrons. The molecule has 0 spiro atoms. The summed E-state index contributed by atoms with van der Waals surface area (Å²) < 4.78 is 11.0. The second-order valence-corrected chi connectivity index (χ2v) is 8.49. The van der Waals surface area contributed by atoms with E-state index in [1.165, 1.54) is 0 Å². The van der Waals surface area contributed by atoms with Crippen molar-refractivity contribution in [3.05, 3.63) is 59.5 Å². The second kappa shape index (κ2) is 8.72. The van der Waals surface area contributed by atoms with Crippen molar-refractivity contribution >= 4 is 11.5 Å². The minimum atomic E-state index is 0.141. The molecular formula is C24H27N5O3. The lowest BCUT2D eigenvalue weighted by Gasteiger charge is -2.31. The molecule has 3 heterocycles. The number of fused-ring (bicyclic) bond motifs is 1. The quantitative estimate of drug-likeness (QED) is 0.550. The van der Waals surface area contributed by atoms with Crippen LogP contribution in [0.3, 0.4) is 0 Å². The summed E-state index contributed by atoms with van der Waals surface area (Å²) in [6.45, 7) is 7.25. The predicted molar refractivity (Wildman–Crippen MR) is 121 cm³/mol. The molecule has 0 bridgehead atoms. The highest BCUT2D eigenvalue weighted by molar-refractivity contribution is 5.98. The van der Waals surface area contributed by atoms with Crippen LogP contribution in [0.4, 0.5) is 5.69 Å². The largest absolute Gasteiger partial charge is 0.471 e. The van der Waals surface area contributed by atoms with Gasteiger partial charge in [-0.3, -0.25) is 9.69 Å². The summed E-state index contributed by atoms with van der Waals surface area (Å²) in [6, 6.07) is 13.9. The molecule has 1 fully saturated rings. The Labute approximate surface area is 187 Å². The molecule has 0 amide bonds. The van der Waals surface area contributed by atoms with Gasteiger partial charge in [0.15, 0.2) is 12.5 Å². The van der Waals surface area contributed by atoms with Crippen molar-refractivity contribution in [2.45, 2.75) is 13.5 Å². The molecule has 0 unspecified atom stereocenters. The number of piperazine rings is 1. The number of hydrogen-bond acceptors (Lipinski definition) is 8. The lowest BCUT2D eigenvalue weighted by Crippen LogP contribution is -2.46. The van der Waals surface area contributed by atoms with Crippen molar-refractivity contribution < 1.29 is 14.1 Å². The number of Topliss-reactive ketones (excluding diaryl/α,β-unsaturated/α-hetero) is 1. The van der Waals surface area contributed by atoms with Crippen molar-refractivity contribution in [3.8, 4) is 17.1 Å². The first-order valence-electron chi connectivity index (χ1n) is 10.9. The van der Waals surface area contributed by atoms with E-state index < -0.39 is 0 Å². The maximum Gasteiger partial charge on any atom is 0.223 e.